The Morgan fingerprint density at radius 3 is 2.89 bits per heavy atom. The summed E-state index contributed by atoms with van der Waals surface area (Å²) in [5.41, 5.74) is 9.21. The van der Waals surface area contributed by atoms with Crippen LogP contribution in [0.3, 0.4) is 0 Å². The van der Waals surface area contributed by atoms with E-state index in [1.54, 1.807) is 4.68 Å². The predicted octanol–water partition coefficient (Wildman–Crippen LogP) is 2.59. The number of fused-ring (bicyclic) bond motifs is 1. The van der Waals surface area contributed by atoms with Crippen LogP contribution < -0.4 is 10.6 Å². The smallest absolute Gasteiger partial charge is 0.224 e. The average Bonchev–Trinajstić information content (AvgIpc) is 3.38. The number of hydrogen-bond donors (Lipinski definition) is 1. The summed E-state index contributed by atoms with van der Waals surface area (Å²) in [6, 6.07) is 12.6. The summed E-state index contributed by atoms with van der Waals surface area (Å²) in [6.07, 6.45) is 4.28. The molecule has 0 saturated carbocycles. The monoisotopic (exact) mass is 362 g/mol. The topological polar surface area (TPSA) is 82.1 Å². The SMILES string of the molecule is Cc1cccc(-c2ccn(-c3cc(N4CC[C@H]5OCC[C@H]54)nc(N)n3)n2)c1. The fourth-order valence-electron chi connectivity index (χ4n) is 4.10. The first-order valence-corrected chi connectivity index (χ1v) is 9.33. The van der Waals surface area contributed by atoms with Gasteiger partial charge in [0.2, 0.25) is 5.95 Å². The number of aromatic nitrogens is 4. The molecule has 27 heavy (non-hydrogen) atoms. The number of nitrogen functional groups attached to an aromatic ring is 1. The lowest BCUT2D eigenvalue weighted by atomic mass is 10.1. The van der Waals surface area contributed by atoms with Gasteiger partial charge >= 0.3 is 0 Å². The zero-order valence-electron chi connectivity index (χ0n) is 15.2. The predicted molar refractivity (Wildman–Crippen MR) is 104 cm³/mol. The molecule has 0 amide bonds. The van der Waals surface area contributed by atoms with E-state index in [2.05, 4.69) is 40.0 Å². The number of ether oxygens (including phenoxy) is 1. The summed E-state index contributed by atoms with van der Waals surface area (Å²) in [5.74, 6) is 1.79. The fourth-order valence-corrected chi connectivity index (χ4v) is 4.10. The van der Waals surface area contributed by atoms with Crippen molar-refractivity contribution >= 4 is 11.8 Å². The van der Waals surface area contributed by atoms with Crippen molar-refractivity contribution in [1.82, 2.24) is 19.7 Å². The van der Waals surface area contributed by atoms with E-state index in [0.29, 0.717) is 18.0 Å². The molecule has 2 fully saturated rings. The Morgan fingerprint density at radius 2 is 2.00 bits per heavy atom. The lowest BCUT2D eigenvalue weighted by Gasteiger charge is -2.24. The highest BCUT2D eigenvalue weighted by atomic mass is 16.5. The number of benzene rings is 1. The molecular weight excluding hydrogens is 340 g/mol. The van der Waals surface area contributed by atoms with Gasteiger partial charge in [-0.05, 0) is 31.9 Å². The molecule has 2 atom stereocenters. The lowest BCUT2D eigenvalue weighted by molar-refractivity contribution is 0.113. The van der Waals surface area contributed by atoms with Crippen LogP contribution in [0.2, 0.25) is 0 Å². The van der Waals surface area contributed by atoms with E-state index in [0.717, 1.165) is 43.1 Å². The quantitative estimate of drug-likeness (QED) is 0.771. The number of rotatable bonds is 3. The van der Waals surface area contributed by atoms with Crippen LogP contribution in [0.5, 0.6) is 0 Å². The molecule has 0 bridgehead atoms. The van der Waals surface area contributed by atoms with Gasteiger partial charge in [-0.3, -0.25) is 0 Å². The Hall–Kier alpha value is -2.93. The van der Waals surface area contributed by atoms with Crippen molar-refractivity contribution in [2.75, 3.05) is 23.8 Å². The molecule has 7 nitrogen and oxygen atoms in total. The number of nitrogens with two attached hydrogens (primary N) is 1. The molecule has 3 aromatic rings. The Kier molecular flexibility index (Phi) is 3.82. The molecule has 0 spiro atoms. The van der Waals surface area contributed by atoms with E-state index in [1.165, 1.54) is 5.56 Å². The minimum absolute atomic E-state index is 0.262. The first-order valence-electron chi connectivity index (χ1n) is 9.33. The third-order valence-electron chi connectivity index (χ3n) is 5.38. The second kappa shape index (κ2) is 6.35. The molecule has 5 rings (SSSR count). The Balaban J connectivity index is 1.48. The second-order valence-electron chi connectivity index (χ2n) is 7.20. The van der Waals surface area contributed by atoms with Crippen molar-refractivity contribution in [2.24, 2.45) is 0 Å². The Bertz CT molecular complexity index is 984. The minimum Gasteiger partial charge on any atom is -0.376 e. The Morgan fingerprint density at radius 1 is 1.11 bits per heavy atom. The maximum absolute atomic E-state index is 6.02. The third-order valence-corrected chi connectivity index (χ3v) is 5.38. The van der Waals surface area contributed by atoms with Gasteiger partial charge in [0.1, 0.15) is 5.82 Å². The van der Waals surface area contributed by atoms with Crippen molar-refractivity contribution < 1.29 is 4.74 Å². The molecule has 2 N–H and O–H groups in total. The zero-order chi connectivity index (χ0) is 18.4. The van der Waals surface area contributed by atoms with E-state index in [4.69, 9.17) is 15.6 Å². The number of aryl methyl sites for hydroxylation is 1. The summed E-state index contributed by atoms with van der Waals surface area (Å²) in [6.45, 7) is 3.82. The third kappa shape index (κ3) is 2.94. The van der Waals surface area contributed by atoms with Crippen LogP contribution in [0, 0.1) is 6.92 Å². The Labute approximate surface area is 157 Å². The average molecular weight is 362 g/mol. The lowest BCUT2D eigenvalue weighted by Crippen LogP contribution is -2.32. The molecule has 2 aromatic heterocycles. The summed E-state index contributed by atoms with van der Waals surface area (Å²) in [7, 11) is 0. The number of anilines is 2. The van der Waals surface area contributed by atoms with Gasteiger partial charge in [0.25, 0.3) is 0 Å². The molecule has 4 heterocycles. The van der Waals surface area contributed by atoms with Crippen LogP contribution in [0.1, 0.15) is 18.4 Å². The second-order valence-corrected chi connectivity index (χ2v) is 7.20. The fraction of sp³-hybridized carbons (Fsp3) is 0.350. The number of hydrogen-bond acceptors (Lipinski definition) is 6. The maximum Gasteiger partial charge on any atom is 0.224 e. The highest BCUT2D eigenvalue weighted by Crippen LogP contribution is 2.33. The first-order chi connectivity index (χ1) is 13.2. The van der Waals surface area contributed by atoms with E-state index in [9.17, 15) is 0 Å². The van der Waals surface area contributed by atoms with Crippen molar-refractivity contribution in [3.05, 3.63) is 48.2 Å². The number of nitrogens with zero attached hydrogens (tertiary/aromatic N) is 5. The van der Waals surface area contributed by atoms with Gasteiger partial charge in [0, 0.05) is 31.0 Å². The van der Waals surface area contributed by atoms with Gasteiger partial charge in [0.15, 0.2) is 5.82 Å². The summed E-state index contributed by atoms with van der Waals surface area (Å²) in [4.78, 5) is 11.2. The van der Waals surface area contributed by atoms with Gasteiger partial charge < -0.3 is 15.4 Å². The normalized spacial score (nSPS) is 21.6. The van der Waals surface area contributed by atoms with E-state index < -0.39 is 0 Å². The van der Waals surface area contributed by atoms with E-state index >= 15 is 0 Å². The molecule has 2 aliphatic heterocycles. The van der Waals surface area contributed by atoms with E-state index in [-0.39, 0.29) is 5.95 Å². The molecule has 2 aliphatic rings. The molecular formula is C20H22N6O. The van der Waals surface area contributed by atoms with E-state index in [1.807, 2.05) is 24.4 Å². The standard InChI is InChI=1S/C20H22N6O/c1-13-3-2-4-14(11-13)15-5-9-26(24-15)19-12-18(22-20(21)23-19)25-8-6-17-16(25)7-10-27-17/h2-5,9,11-12,16-17H,6-8,10H2,1H3,(H2,21,22,23)/t16-,17-/m1/s1. The molecule has 2 saturated heterocycles. The van der Waals surface area contributed by atoms with Gasteiger partial charge in [-0.15, -0.1) is 0 Å². The van der Waals surface area contributed by atoms with Crippen LogP contribution in [-0.4, -0.2) is 45.0 Å². The van der Waals surface area contributed by atoms with Crippen LogP contribution in [0.15, 0.2) is 42.6 Å². The van der Waals surface area contributed by atoms with Crippen molar-refractivity contribution in [3.63, 3.8) is 0 Å². The van der Waals surface area contributed by atoms with Gasteiger partial charge in [0.05, 0.1) is 17.8 Å². The summed E-state index contributed by atoms with van der Waals surface area (Å²) in [5, 5.41) is 4.69. The molecule has 0 radical (unpaired) electrons. The zero-order valence-corrected chi connectivity index (χ0v) is 15.2. The molecule has 0 aliphatic carbocycles. The molecule has 138 valence electrons. The van der Waals surface area contributed by atoms with Gasteiger partial charge in [-0.1, -0.05) is 23.8 Å². The van der Waals surface area contributed by atoms with Crippen LogP contribution in [0.4, 0.5) is 11.8 Å². The highest BCUT2D eigenvalue weighted by Gasteiger charge is 2.39. The van der Waals surface area contributed by atoms with Crippen LogP contribution in [0.25, 0.3) is 17.1 Å². The summed E-state index contributed by atoms with van der Waals surface area (Å²) < 4.78 is 7.56. The first kappa shape index (κ1) is 16.3. The van der Waals surface area contributed by atoms with Crippen molar-refractivity contribution in [2.45, 2.75) is 31.9 Å². The largest absolute Gasteiger partial charge is 0.376 e. The highest BCUT2D eigenvalue weighted by molar-refractivity contribution is 5.60. The van der Waals surface area contributed by atoms with Crippen molar-refractivity contribution in [3.8, 4) is 17.1 Å². The van der Waals surface area contributed by atoms with Gasteiger partial charge in [-0.25, -0.2) is 4.68 Å². The minimum atomic E-state index is 0.262. The molecule has 7 heteroatoms. The maximum atomic E-state index is 6.02. The molecule has 1 aromatic carbocycles. The van der Waals surface area contributed by atoms with Crippen molar-refractivity contribution in [1.29, 1.82) is 0 Å². The van der Waals surface area contributed by atoms with Crippen LogP contribution in [-0.2, 0) is 4.74 Å². The summed E-state index contributed by atoms with van der Waals surface area (Å²) >= 11 is 0. The van der Waals surface area contributed by atoms with Crippen LogP contribution >= 0.6 is 0 Å². The van der Waals surface area contributed by atoms with Gasteiger partial charge in [-0.2, -0.15) is 15.1 Å². The molecule has 0 unspecified atom stereocenters.